The molecule has 2 aromatic heterocycles. The second-order valence-electron chi connectivity index (χ2n) is 3.83. The fraction of sp³-hybridized carbons (Fsp3) is 0.0769. The van der Waals surface area contributed by atoms with E-state index >= 15 is 0 Å². The minimum Gasteiger partial charge on any atom is -0.260 e. The van der Waals surface area contributed by atoms with E-state index in [9.17, 15) is 0 Å². The third-order valence-electron chi connectivity index (χ3n) is 2.57. The molecule has 3 nitrogen and oxygen atoms in total. The van der Waals surface area contributed by atoms with Crippen molar-refractivity contribution in [2.45, 2.75) is 10.8 Å². The highest BCUT2D eigenvalue weighted by Crippen LogP contribution is 2.27. The molecular weight excluding hydrogens is 266 g/mol. The minimum absolute atomic E-state index is 0.478. The first-order valence-corrected chi connectivity index (χ1v) is 6.86. The smallest absolute Gasteiger partial charge is 0.158 e. The maximum Gasteiger partial charge on any atom is 0.158 e. The second-order valence-corrected chi connectivity index (χ2v) is 5.18. The fourth-order valence-electron chi connectivity index (χ4n) is 1.69. The molecule has 0 aliphatic carbocycles. The first kappa shape index (κ1) is 11.6. The Labute approximate surface area is 114 Å². The summed E-state index contributed by atoms with van der Waals surface area (Å²) in [7, 11) is 0. The summed E-state index contributed by atoms with van der Waals surface area (Å²) in [5.74, 6) is 0.892. The molecule has 0 amide bonds. The number of H-pyrrole nitrogens is 1. The van der Waals surface area contributed by atoms with Crippen LogP contribution in [-0.2, 0) is 5.75 Å². The number of rotatable bonds is 3. The van der Waals surface area contributed by atoms with Crippen molar-refractivity contribution in [3.05, 3.63) is 53.2 Å². The molecule has 0 fully saturated rings. The summed E-state index contributed by atoms with van der Waals surface area (Å²) in [5.41, 5.74) is 2.01. The van der Waals surface area contributed by atoms with Crippen molar-refractivity contribution in [1.82, 2.24) is 15.2 Å². The lowest BCUT2D eigenvalue weighted by Crippen LogP contribution is -1.80. The zero-order valence-corrected chi connectivity index (χ0v) is 11.0. The van der Waals surface area contributed by atoms with Gasteiger partial charge in [-0.15, -0.1) is 0 Å². The molecule has 90 valence electrons. The third kappa shape index (κ3) is 2.35. The van der Waals surface area contributed by atoms with E-state index in [-0.39, 0.29) is 0 Å². The Morgan fingerprint density at radius 2 is 1.94 bits per heavy atom. The number of aromatic amines is 1. The van der Waals surface area contributed by atoms with E-state index in [1.54, 1.807) is 17.8 Å². The first-order valence-electron chi connectivity index (χ1n) is 5.50. The highest BCUT2D eigenvalue weighted by Gasteiger charge is 2.07. The lowest BCUT2D eigenvalue weighted by molar-refractivity contribution is 1.01. The number of hydrogen-bond donors (Lipinski definition) is 1. The van der Waals surface area contributed by atoms with E-state index in [0.29, 0.717) is 5.15 Å². The summed E-state index contributed by atoms with van der Waals surface area (Å²) in [5, 5.41) is 9.62. The Morgan fingerprint density at radius 3 is 2.78 bits per heavy atom. The van der Waals surface area contributed by atoms with Crippen LogP contribution in [-0.4, -0.2) is 15.2 Å². The molecule has 2 heterocycles. The van der Waals surface area contributed by atoms with Crippen molar-refractivity contribution in [3.63, 3.8) is 0 Å². The van der Waals surface area contributed by atoms with Crippen LogP contribution in [0.5, 0.6) is 0 Å². The van der Waals surface area contributed by atoms with Crippen LogP contribution in [0, 0.1) is 0 Å². The lowest BCUT2D eigenvalue weighted by atomic mass is 10.2. The van der Waals surface area contributed by atoms with Crippen molar-refractivity contribution < 1.29 is 0 Å². The molecule has 0 bridgehead atoms. The Bertz CT molecular complexity index is 666. The zero-order valence-electron chi connectivity index (χ0n) is 9.43. The summed E-state index contributed by atoms with van der Waals surface area (Å²) >= 11 is 7.53. The Balaban J connectivity index is 1.83. The van der Waals surface area contributed by atoms with Gasteiger partial charge in [0.2, 0.25) is 0 Å². The van der Waals surface area contributed by atoms with E-state index in [0.717, 1.165) is 21.8 Å². The van der Waals surface area contributed by atoms with Crippen molar-refractivity contribution in [1.29, 1.82) is 0 Å². The van der Waals surface area contributed by atoms with Crippen molar-refractivity contribution in [2.75, 3.05) is 0 Å². The fourth-order valence-corrected chi connectivity index (χ4v) is 2.77. The minimum atomic E-state index is 0.478. The monoisotopic (exact) mass is 275 g/mol. The molecule has 18 heavy (non-hydrogen) atoms. The van der Waals surface area contributed by atoms with Gasteiger partial charge in [-0.25, -0.2) is 4.98 Å². The van der Waals surface area contributed by atoms with E-state index in [2.05, 4.69) is 27.3 Å². The van der Waals surface area contributed by atoms with Gasteiger partial charge in [0.15, 0.2) is 5.65 Å². The molecule has 3 rings (SSSR count). The second kappa shape index (κ2) is 5.00. The maximum absolute atomic E-state index is 5.84. The number of benzene rings is 1. The quantitative estimate of drug-likeness (QED) is 0.582. The molecule has 0 saturated carbocycles. The van der Waals surface area contributed by atoms with Gasteiger partial charge < -0.3 is 0 Å². The molecule has 0 saturated heterocycles. The van der Waals surface area contributed by atoms with Crippen molar-refractivity contribution in [3.8, 4) is 0 Å². The van der Waals surface area contributed by atoms with E-state index in [4.69, 9.17) is 11.6 Å². The molecule has 0 radical (unpaired) electrons. The standard InChI is InChI=1S/C13H10ClN3S/c14-11-7-6-10-12(15-11)16-17-13(10)18-8-9-4-2-1-3-5-9/h1-7H,8H2,(H,15,16,17). The van der Waals surface area contributed by atoms with Crippen LogP contribution in [0.3, 0.4) is 0 Å². The number of nitrogens with one attached hydrogen (secondary N) is 1. The largest absolute Gasteiger partial charge is 0.260 e. The Hall–Kier alpha value is -1.52. The SMILES string of the molecule is Clc1ccc2c(SCc3ccccc3)n[nH]c2n1. The van der Waals surface area contributed by atoms with Gasteiger partial charge in [0.25, 0.3) is 0 Å². The molecule has 0 unspecified atom stereocenters. The molecule has 1 N–H and O–H groups in total. The normalized spacial score (nSPS) is 10.9. The van der Waals surface area contributed by atoms with Gasteiger partial charge in [-0.1, -0.05) is 53.7 Å². The van der Waals surface area contributed by atoms with Gasteiger partial charge in [-0.05, 0) is 17.7 Å². The van der Waals surface area contributed by atoms with Crippen LogP contribution in [0.25, 0.3) is 11.0 Å². The molecular formula is C13H10ClN3S. The van der Waals surface area contributed by atoms with Crippen LogP contribution >= 0.6 is 23.4 Å². The third-order valence-corrected chi connectivity index (χ3v) is 3.85. The van der Waals surface area contributed by atoms with Crippen LogP contribution < -0.4 is 0 Å². The van der Waals surface area contributed by atoms with Crippen LogP contribution in [0.1, 0.15) is 5.56 Å². The molecule has 1 aromatic carbocycles. The van der Waals surface area contributed by atoms with Crippen molar-refractivity contribution in [2.24, 2.45) is 0 Å². The number of aromatic nitrogens is 3. The molecule has 0 aliphatic rings. The average Bonchev–Trinajstić information content (AvgIpc) is 2.80. The number of pyridine rings is 1. The number of nitrogens with zero attached hydrogens (tertiary/aromatic N) is 2. The van der Waals surface area contributed by atoms with Gasteiger partial charge >= 0.3 is 0 Å². The predicted octanol–water partition coefficient (Wildman–Crippen LogP) is 3.90. The average molecular weight is 276 g/mol. The summed E-state index contributed by atoms with van der Waals surface area (Å²) in [6.45, 7) is 0. The Kier molecular flexibility index (Phi) is 3.21. The zero-order chi connectivity index (χ0) is 12.4. The topological polar surface area (TPSA) is 41.6 Å². The van der Waals surface area contributed by atoms with Gasteiger partial charge in [0.1, 0.15) is 10.2 Å². The number of fused-ring (bicyclic) bond motifs is 1. The summed E-state index contributed by atoms with van der Waals surface area (Å²) in [6.07, 6.45) is 0. The molecule has 0 atom stereocenters. The number of hydrogen-bond acceptors (Lipinski definition) is 3. The van der Waals surface area contributed by atoms with Crippen LogP contribution in [0.2, 0.25) is 5.15 Å². The van der Waals surface area contributed by atoms with Gasteiger partial charge in [-0.2, -0.15) is 5.10 Å². The maximum atomic E-state index is 5.84. The number of halogens is 1. The molecule has 3 aromatic rings. The lowest BCUT2D eigenvalue weighted by Gasteiger charge is -1.99. The highest BCUT2D eigenvalue weighted by atomic mass is 35.5. The van der Waals surface area contributed by atoms with E-state index in [1.165, 1.54) is 5.56 Å². The Morgan fingerprint density at radius 1 is 1.11 bits per heavy atom. The van der Waals surface area contributed by atoms with Crippen molar-refractivity contribution >= 4 is 34.4 Å². The van der Waals surface area contributed by atoms with Gasteiger partial charge in [-0.3, -0.25) is 5.10 Å². The predicted molar refractivity (Wildman–Crippen MR) is 74.9 cm³/mol. The molecule has 0 spiro atoms. The summed E-state index contributed by atoms with van der Waals surface area (Å²) < 4.78 is 0. The number of thioether (sulfide) groups is 1. The van der Waals surface area contributed by atoms with Gasteiger partial charge in [0, 0.05) is 5.75 Å². The van der Waals surface area contributed by atoms with Crippen LogP contribution in [0.4, 0.5) is 0 Å². The highest BCUT2D eigenvalue weighted by molar-refractivity contribution is 7.98. The molecule has 5 heteroatoms. The first-order chi connectivity index (χ1) is 8.83. The van der Waals surface area contributed by atoms with E-state index < -0.39 is 0 Å². The summed E-state index contributed by atoms with van der Waals surface area (Å²) in [6, 6.07) is 14.0. The van der Waals surface area contributed by atoms with Crippen LogP contribution in [0.15, 0.2) is 47.5 Å². The molecule has 0 aliphatic heterocycles. The van der Waals surface area contributed by atoms with Gasteiger partial charge in [0.05, 0.1) is 5.39 Å². The van der Waals surface area contributed by atoms with E-state index in [1.807, 2.05) is 24.3 Å². The summed E-state index contributed by atoms with van der Waals surface area (Å²) in [4.78, 5) is 4.19.